The van der Waals surface area contributed by atoms with E-state index < -0.39 is 10.0 Å². The molecule has 0 radical (unpaired) electrons. The van der Waals surface area contributed by atoms with Crippen molar-refractivity contribution in [1.29, 1.82) is 0 Å². The summed E-state index contributed by atoms with van der Waals surface area (Å²) < 4.78 is 28.3. The summed E-state index contributed by atoms with van der Waals surface area (Å²) in [5.41, 5.74) is 5.22. The number of hydrogen-bond acceptors (Lipinski definition) is 4. The van der Waals surface area contributed by atoms with Crippen molar-refractivity contribution in [1.82, 2.24) is 9.19 Å². The molecule has 1 aromatic heterocycles. The van der Waals surface area contributed by atoms with Crippen LogP contribution in [0.3, 0.4) is 0 Å². The smallest absolute Gasteiger partial charge is 0.283 e. The van der Waals surface area contributed by atoms with Gasteiger partial charge in [-0.15, -0.1) is 0 Å². The minimum atomic E-state index is -3.94. The quantitative estimate of drug-likeness (QED) is 0.439. The number of hydrogen-bond donors (Lipinski definition) is 0. The fourth-order valence-electron chi connectivity index (χ4n) is 4.04. The van der Waals surface area contributed by atoms with Gasteiger partial charge >= 0.3 is 0 Å². The molecule has 0 fully saturated rings. The number of ketones is 1. The first-order chi connectivity index (χ1) is 13.8. The van der Waals surface area contributed by atoms with Crippen molar-refractivity contribution in [3.05, 3.63) is 82.4 Å². The van der Waals surface area contributed by atoms with E-state index in [0.717, 1.165) is 15.2 Å². The number of carbonyl (C=O) groups is 1. The molecule has 3 aromatic carbocycles. The molecular weight excluding hydrogens is 384 g/mol. The monoisotopic (exact) mass is 402 g/mol. The highest BCUT2D eigenvalue weighted by atomic mass is 32.2. The fourth-order valence-corrected chi connectivity index (χ4v) is 5.62. The van der Waals surface area contributed by atoms with Crippen LogP contribution in [0.25, 0.3) is 22.2 Å². The molecule has 29 heavy (non-hydrogen) atoms. The Hall–Kier alpha value is -3.25. The maximum absolute atomic E-state index is 13.6. The van der Waals surface area contributed by atoms with Crippen LogP contribution in [-0.4, -0.2) is 23.4 Å². The summed E-state index contributed by atoms with van der Waals surface area (Å²) in [6, 6.07) is 15.9. The summed E-state index contributed by atoms with van der Waals surface area (Å²) in [7, 11) is -3.94. The Morgan fingerprint density at radius 2 is 1.45 bits per heavy atom. The first-order valence-corrected chi connectivity index (χ1v) is 10.7. The first kappa shape index (κ1) is 17.8. The number of nitrogens with zero attached hydrogens (tertiary/aromatic N) is 2. The molecule has 0 spiro atoms. The summed E-state index contributed by atoms with van der Waals surface area (Å²) in [6.07, 6.45) is 0. The van der Waals surface area contributed by atoms with Crippen molar-refractivity contribution in [3.8, 4) is 11.3 Å². The lowest BCUT2D eigenvalue weighted by Gasteiger charge is -2.13. The Kier molecular flexibility index (Phi) is 3.61. The van der Waals surface area contributed by atoms with E-state index in [1.165, 1.54) is 0 Å². The lowest BCUT2D eigenvalue weighted by Crippen LogP contribution is -2.16. The molecule has 0 saturated heterocycles. The molecule has 5 nitrogen and oxygen atoms in total. The van der Waals surface area contributed by atoms with Crippen LogP contribution in [0, 0.1) is 20.8 Å². The van der Waals surface area contributed by atoms with E-state index in [2.05, 4.69) is 5.10 Å². The minimum Gasteiger partial charge on any atom is -0.289 e. The molecule has 144 valence electrons. The van der Waals surface area contributed by atoms with Crippen LogP contribution in [0.15, 0.2) is 59.5 Å². The van der Waals surface area contributed by atoms with E-state index in [1.54, 1.807) is 43.3 Å². The number of rotatable bonds is 2. The number of aromatic nitrogens is 2. The normalized spacial score (nSPS) is 13.0. The van der Waals surface area contributed by atoms with Gasteiger partial charge in [0.25, 0.3) is 10.0 Å². The molecular formula is C23H18N2O3S. The number of benzene rings is 3. The van der Waals surface area contributed by atoms with Crippen molar-refractivity contribution in [2.75, 3.05) is 0 Å². The van der Waals surface area contributed by atoms with Crippen LogP contribution < -0.4 is 0 Å². The zero-order valence-electron chi connectivity index (χ0n) is 16.2. The maximum atomic E-state index is 13.6. The summed E-state index contributed by atoms with van der Waals surface area (Å²) in [6.45, 7) is 5.63. The van der Waals surface area contributed by atoms with Crippen LogP contribution in [0.1, 0.15) is 32.6 Å². The molecule has 6 heteroatoms. The number of aryl methyl sites for hydroxylation is 3. The third-order valence-corrected chi connectivity index (χ3v) is 7.37. The summed E-state index contributed by atoms with van der Waals surface area (Å²) in [5, 5.41) is 5.10. The van der Waals surface area contributed by atoms with Crippen LogP contribution in [-0.2, 0) is 10.0 Å². The lowest BCUT2D eigenvalue weighted by atomic mass is 9.87. The topological polar surface area (TPSA) is 69.0 Å². The summed E-state index contributed by atoms with van der Waals surface area (Å²) in [5.74, 6) is -0.113. The average molecular weight is 402 g/mol. The molecule has 1 heterocycles. The van der Waals surface area contributed by atoms with Gasteiger partial charge in [0.15, 0.2) is 5.78 Å². The first-order valence-electron chi connectivity index (χ1n) is 9.30. The van der Waals surface area contributed by atoms with E-state index in [9.17, 15) is 13.2 Å². The highest BCUT2D eigenvalue weighted by Gasteiger charge is 2.32. The van der Waals surface area contributed by atoms with Crippen molar-refractivity contribution >= 4 is 26.7 Å². The van der Waals surface area contributed by atoms with Gasteiger partial charge < -0.3 is 0 Å². The largest absolute Gasteiger partial charge is 0.289 e. The molecule has 0 saturated carbocycles. The molecule has 1 aliphatic carbocycles. The van der Waals surface area contributed by atoms with E-state index >= 15 is 0 Å². The number of fused-ring (bicyclic) bond motifs is 2. The molecule has 5 rings (SSSR count). The van der Waals surface area contributed by atoms with Gasteiger partial charge in [0.05, 0.1) is 10.4 Å². The zero-order chi connectivity index (χ0) is 20.5. The van der Waals surface area contributed by atoms with Gasteiger partial charge in [-0.3, -0.25) is 4.79 Å². The Morgan fingerprint density at radius 3 is 2.21 bits per heavy atom. The van der Waals surface area contributed by atoms with Gasteiger partial charge in [-0.1, -0.05) is 42.5 Å². The van der Waals surface area contributed by atoms with Crippen molar-refractivity contribution in [2.24, 2.45) is 0 Å². The molecule has 0 amide bonds. The van der Waals surface area contributed by atoms with Crippen molar-refractivity contribution in [3.63, 3.8) is 0 Å². The Balaban J connectivity index is 1.87. The van der Waals surface area contributed by atoms with Gasteiger partial charge in [0.1, 0.15) is 5.69 Å². The van der Waals surface area contributed by atoms with Crippen LogP contribution in [0.5, 0.6) is 0 Å². The lowest BCUT2D eigenvalue weighted by molar-refractivity contribution is 0.104. The van der Waals surface area contributed by atoms with Gasteiger partial charge in [-0.05, 0) is 49.6 Å². The molecule has 0 bridgehead atoms. The highest BCUT2D eigenvalue weighted by molar-refractivity contribution is 7.90. The molecule has 0 unspecified atom stereocenters. The highest BCUT2D eigenvalue weighted by Crippen LogP contribution is 2.39. The Bertz CT molecular complexity index is 1460. The number of carbonyl (C=O) groups excluding carboxylic acids is 1. The van der Waals surface area contributed by atoms with E-state index in [1.807, 2.05) is 32.0 Å². The molecule has 4 aromatic rings. The SMILES string of the molecule is Cc1cc(C)c(S(=O)(=O)n2nc3c4c(cccc42)C(=O)c2ccccc2-3)cc1C. The van der Waals surface area contributed by atoms with Crippen molar-refractivity contribution in [2.45, 2.75) is 25.7 Å². The van der Waals surface area contributed by atoms with E-state index in [-0.39, 0.29) is 10.7 Å². The Morgan fingerprint density at radius 1 is 0.793 bits per heavy atom. The second kappa shape index (κ2) is 5.87. The van der Waals surface area contributed by atoms with Gasteiger partial charge in [-0.2, -0.15) is 17.6 Å². The van der Waals surface area contributed by atoms with Crippen LogP contribution in [0.4, 0.5) is 0 Å². The van der Waals surface area contributed by atoms with Crippen LogP contribution >= 0.6 is 0 Å². The van der Waals surface area contributed by atoms with Crippen molar-refractivity contribution < 1.29 is 13.2 Å². The molecule has 1 aliphatic rings. The average Bonchev–Trinajstić information content (AvgIpc) is 3.10. The predicted octanol–water partition coefficient (Wildman–Crippen LogP) is 4.41. The minimum absolute atomic E-state index is 0.113. The summed E-state index contributed by atoms with van der Waals surface area (Å²) in [4.78, 5) is 13.2. The third kappa shape index (κ3) is 2.36. The second-order valence-electron chi connectivity index (χ2n) is 7.47. The maximum Gasteiger partial charge on any atom is 0.283 e. The molecule has 0 atom stereocenters. The fraction of sp³-hybridized carbons (Fsp3) is 0.130. The second-order valence-corrected chi connectivity index (χ2v) is 9.21. The molecule has 0 N–H and O–H groups in total. The van der Waals surface area contributed by atoms with Gasteiger partial charge in [0, 0.05) is 22.1 Å². The summed E-state index contributed by atoms with van der Waals surface area (Å²) >= 11 is 0. The van der Waals surface area contributed by atoms with E-state index in [4.69, 9.17) is 0 Å². The standard InChI is InChI=1S/C23H18N2O3S/c1-13-11-15(3)20(12-14(13)2)29(27,28)25-19-10-6-9-18-21(19)22(24-25)16-7-4-5-8-17(16)23(18)26/h4-12H,1-3H3. The zero-order valence-corrected chi connectivity index (χ0v) is 17.0. The third-order valence-electron chi connectivity index (χ3n) is 5.64. The van der Waals surface area contributed by atoms with Gasteiger partial charge in [0.2, 0.25) is 0 Å². The Labute approximate surface area is 168 Å². The van der Waals surface area contributed by atoms with Crippen LogP contribution in [0.2, 0.25) is 0 Å². The molecule has 0 aliphatic heterocycles. The van der Waals surface area contributed by atoms with Gasteiger partial charge in [-0.25, -0.2) is 0 Å². The predicted molar refractivity (Wildman–Crippen MR) is 112 cm³/mol. The van der Waals surface area contributed by atoms with E-state index in [0.29, 0.717) is 38.9 Å².